The standard InChI is InChI=1S/C22H26Cl2N4O/c1-15-20(22(24)28(26-15)14-16-2-4-17(23)5-3-16)8-9-21(29)25-18-10-12-27(13-11-18)19-6-7-19/h2-5,8-9,18-19H,6-7,10-14H2,1H3,(H,25,29)/b9-8+. The van der Waals surface area contributed by atoms with Crippen molar-refractivity contribution >= 4 is 35.2 Å². The van der Waals surface area contributed by atoms with Crippen LogP contribution in [0.25, 0.3) is 6.08 Å². The highest BCUT2D eigenvalue weighted by atomic mass is 35.5. The van der Waals surface area contributed by atoms with Gasteiger partial charge in [-0.15, -0.1) is 0 Å². The summed E-state index contributed by atoms with van der Waals surface area (Å²) in [6, 6.07) is 8.66. The van der Waals surface area contributed by atoms with Gasteiger partial charge in [0.1, 0.15) is 5.15 Å². The van der Waals surface area contributed by atoms with E-state index < -0.39 is 0 Å². The van der Waals surface area contributed by atoms with E-state index in [1.807, 2.05) is 31.2 Å². The number of likely N-dealkylation sites (tertiary alicyclic amines) is 1. The van der Waals surface area contributed by atoms with E-state index in [0.717, 1.165) is 48.8 Å². The second-order valence-electron chi connectivity index (χ2n) is 7.96. The number of piperidine rings is 1. The van der Waals surface area contributed by atoms with Crippen LogP contribution in [0.1, 0.15) is 42.5 Å². The smallest absolute Gasteiger partial charge is 0.244 e. The minimum absolute atomic E-state index is 0.0733. The molecular formula is C22H26Cl2N4O. The molecule has 0 bridgehead atoms. The predicted molar refractivity (Wildman–Crippen MR) is 117 cm³/mol. The largest absolute Gasteiger partial charge is 0.350 e. The number of aryl methyl sites for hydroxylation is 1. The number of benzene rings is 1. The first-order valence-electron chi connectivity index (χ1n) is 10.2. The van der Waals surface area contributed by atoms with Crippen LogP contribution in [0.4, 0.5) is 0 Å². The van der Waals surface area contributed by atoms with Crippen molar-refractivity contribution in [3.63, 3.8) is 0 Å². The number of halogens is 2. The van der Waals surface area contributed by atoms with E-state index in [-0.39, 0.29) is 11.9 Å². The Labute approximate surface area is 181 Å². The lowest BCUT2D eigenvalue weighted by Crippen LogP contribution is -2.44. The Kier molecular flexibility index (Phi) is 6.28. The Bertz CT molecular complexity index is 894. The van der Waals surface area contributed by atoms with Gasteiger partial charge >= 0.3 is 0 Å². The van der Waals surface area contributed by atoms with E-state index >= 15 is 0 Å². The van der Waals surface area contributed by atoms with Gasteiger partial charge in [-0.2, -0.15) is 5.10 Å². The first-order valence-corrected chi connectivity index (χ1v) is 10.9. The second kappa shape index (κ2) is 8.90. The van der Waals surface area contributed by atoms with Crippen LogP contribution in [0.2, 0.25) is 10.2 Å². The summed E-state index contributed by atoms with van der Waals surface area (Å²) < 4.78 is 1.74. The molecule has 2 heterocycles. The lowest BCUT2D eigenvalue weighted by molar-refractivity contribution is -0.117. The van der Waals surface area contributed by atoms with Crippen molar-refractivity contribution in [1.29, 1.82) is 0 Å². The highest BCUT2D eigenvalue weighted by Crippen LogP contribution is 2.29. The summed E-state index contributed by atoms with van der Waals surface area (Å²) in [5, 5.41) is 8.87. The van der Waals surface area contributed by atoms with Crippen LogP contribution in [-0.2, 0) is 11.3 Å². The average molecular weight is 433 g/mol. The van der Waals surface area contributed by atoms with E-state index in [4.69, 9.17) is 23.2 Å². The molecule has 154 valence electrons. The number of rotatable bonds is 6. The number of nitrogens with one attached hydrogen (secondary N) is 1. The topological polar surface area (TPSA) is 50.2 Å². The van der Waals surface area contributed by atoms with Crippen LogP contribution in [-0.4, -0.2) is 45.8 Å². The molecule has 1 aromatic heterocycles. The predicted octanol–water partition coefficient (Wildman–Crippen LogP) is 4.30. The normalized spacial score (nSPS) is 18.4. The minimum Gasteiger partial charge on any atom is -0.350 e. The summed E-state index contributed by atoms with van der Waals surface area (Å²) in [5.41, 5.74) is 2.63. The Morgan fingerprint density at radius 3 is 2.52 bits per heavy atom. The molecule has 29 heavy (non-hydrogen) atoms. The molecule has 0 atom stereocenters. The lowest BCUT2D eigenvalue weighted by Gasteiger charge is -2.32. The van der Waals surface area contributed by atoms with Crippen molar-refractivity contribution in [3.8, 4) is 0 Å². The Morgan fingerprint density at radius 1 is 1.17 bits per heavy atom. The number of carbonyl (C=O) groups is 1. The maximum absolute atomic E-state index is 12.4. The number of hydrogen-bond acceptors (Lipinski definition) is 3. The van der Waals surface area contributed by atoms with Gasteiger partial charge in [0, 0.05) is 41.8 Å². The molecule has 0 radical (unpaired) electrons. The van der Waals surface area contributed by atoms with E-state index in [1.54, 1.807) is 16.8 Å². The molecule has 2 aromatic rings. The van der Waals surface area contributed by atoms with E-state index in [9.17, 15) is 4.79 Å². The molecular weight excluding hydrogens is 407 g/mol. The van der Waals surface area contributed by atoms with Crippen molar-refractivity contribution in [2.75, 3.05) is 13.1 Å². The molecule has 2 fully saturated rings. The molecule has 1 saturated carbocycles. The van der Waals surface area contributed by atoms with E-state index in [2.05, 4.69) is 15.3 Å². The Morgan fingerprint density at radius 2 is 1.86 bits per heavy atom. The third-order valence-corrected chi connectivity index (χ3v) is 6.35. The maximum Gasteiger partial charge on any atom is 0.244 e. The molecule has 1 aliphatic carbocycles. The van der Waals surface area contributed by atoms with Crippen LogP contribution >= 0.6 is 23.2 Å². The van der Waals surface area contributed by atoms with Gasteiger partial charge in [0.2, 0.25) is 5.91 Å². The van der Waals surface area contributed by atoms with Crippen molar-refractivity contribution in [3.05, 3.63) is 57.3 Å². The average Bonchev–Trinajstić information content (AvgIpc) is 3.51. The summed E-state index contributed by atoms with van der Waals surface area (Å²) >= 11 is 12.5. The fraction of sp³-hybridized carbons (Fsp3) is 0.455. The third kappa shape index (κ3) is 5.21. The zero-order chi connectivity index (χ0) is 20.4. The van der Waals surface area contributed by atoms with Gasteiger partial charge in [-0.3, -0.25) is 4.79 Å². The van der Waals surface area contributed by atoms with Crippen LogP contribution in [0.5, 0.6) is 0 Å². The van der Waals surface area contributed by atoms with Crippen molar-refractivity contribution in [1.82, 2.24) is 20.0 Å². The van der Waals surface area contributed by atoms with Crippen LogP contribution in [0.3, 0.4) is 0 Å². The van der Waals surface area contributed by atoms with Gasteiger partial charge in [0.05, 0.1) is 12.2 Å². The van der Waals surface area contributed by atoms with E-state index in [1.165, 1.54) is 12.8 Å². The first kappa shape index (κ1) is 20.5. The second-order valence-corrected chi connectivity index (χ2v) is 8.75. The summed E-state index contributed by atoms with van der Waals surface area (Å²) in [6.45, 7) is 4.62. The third-order valence-electron chi connectivity index (χ3n) is 5.70. The number of amides is 1. The summed E-state index contributed by atoms with van der Waals surface area (Å²) in [7, 11) is 0. The summed E-state index contributed by atoms with van der Waals surface area (Å²) in [4.78, 5) is 14.9. The molecule has 5 nitrogen and oxygen atoms in total. The minimum atomic E-state index is -0.0733. The zero-order valence-corrected chi connectivity index (χ0v) is 18.1. The molecule has 1 aromatic carbocycles. The SMILES string of the molecule is Cc1nn(Cc2ccc(Cl)cc2)c(Cl)c1/C=C/C(=O)NC1CCN(C2CC2)CC1. The van der Waals surface area contributed by atoms with Crippen molar-refractivity contribution in [2.45, 2.75) is 51.2 Å². The quantitative estimate of drug-likeness (QED) is 0.691. The highest BCUT2D eigenvalue weighted by molar-refractivity contribution is 6.31. The van der Waals surface area contributed by atoms with Crippen LogP contribution in [0, 0.1) is 6.92 Å². The molecule has 0 spiro atoms. The van der Waals surface area contributed by atoms with Gasteiger partial charge in [-0.1, -0.05) is 35.3 Å². The molecule has 1 saturated heterocycles. The summed E-state index contributed by atoms with van der Waals surface area (Å²) in [6.07, 6.45) is 8.05. The Balaban J connectivity index is 1.34. The van der Waals surface area contributed by atoms with Gasteiger partial charge < -0.3 is 10.2 Å². The molecule has 1 amide bonds. The molecule has 7 heteroatoms. The molecule has 4 rings (SSSR count). The number of hydrogen-bond donors (Lipinski definition) is 1. The highest BCUT2D eigenvalue weighted by Gasteiger charge is 2.31. The molecule has 0 unspecified atom stereocenters. The number of carbonyl (C=O) groups excluding carboxylic acids is 1. The zero-order valence-electron chi connectivity index (χ0n) is 16.6. The maximum atomic E-state index is 12.4. The van der Waals surface area contributed by atoms with E-state index in [0.29, 0.717) is 16.7 Å². The van der Waals surface area contributed by atoms with Crippen LogP contribution in [0.15, 0.2) is 30.3 Å². The van der Waals surface area contributed by atoms with Crippen molar-refractivity contribution < 1.29 is 4.79 Å². The Hall–Kier alpha value is -1.82. The first-order chi connectivity index (χ1) is 14.0. The number of aromatic nitrogens is 2. The number of nitrogens with zero attached hydrogens (tertiary/aromatic N) is 3. The molecule has 1 aliphatic heterocycles. The van der Waals surface area contributed by atoms with Crippen LogP contribution < -0.4 is 5.32 Å². The lowest BCUT2D eigenvalue weighted by atomic mass is 10.0. The van der Waals surface area contributed by atoms with Gasteiger partial charge in [-0.25, -0.2) is 4.68 Å². The molecule has 1 N–H and O–H groups in total. The monoisotopic (exact) mass is 432 g/mol. The van der Waals surface area contributed by atoms with Gasteiger partial charge in [0.15, 0.2) is 0 Å². The fourth-order valence-corrected chi connectivity index (χ4v) is 4.30. The molecule has 2 aliphatic rings. The van der Waals surface area contributed by atoms with Crippen molar-refractivity contribution in [2.24, 2.45) is 0 Å². The van der Waals surface area contributed by atoms with Gasteiger partial charge in [0.25, 0.3) is 0 Å². The van der Waals surface area contributed by atoms with Gasteiger partial charge in [-0.05, 0) is 56.4 Å². The fourth-order valence-electron chi connectivity index (χ4n) is 3.88. The summed E-state index contributed by atoms with van der Waals surface area (Å²) in [5.74, 6) is -0.0733.